The van der Waals surface area contributed by atoms with E-state index in [1.807, 2.05) is 6.20 Å². The van der Waals surface area contributed by atoms with Gasteiger partial charge in [-0.2, -0.15) is 4.98 Å². The second-order valence-electron chi connectivity index (χ2n) is 5.83. The predicted octanol–water partition coefficient (Wildman–Crippen LogP) is 1.14. The molecular weight excluding hydrogens is 252 g/mol. The molecule has 0 amide bonds. The molecule has 6 nitrogen and oxygen atoms in total. The van der Waals surface area contributed by atoms with Crippen molar-refractivity contribution in [1.82, 2.24) is 14.9 Å². The highest BCUT2D eigenvalue weighted by molar-refractivity contribution is 5.49. The Morgan fingerprint density at radius 1 is 1.25 bits per heavy atom. The average Bonchev–Trinajstić information content (AvgIpc) is 2.98. The zero-order valence-corrected chi connectivity index (χ0v) is 12.2. The number of likely N-dealkylation sites (tertiary alicyclic amines) is 1. The van der Waals surface area contributed by atoms with Crippen molar-refractivity contribution in [3.8, 4) is 0 Å². The van der Waals surface area contributed by atoms with Crippen LogP contribution in [0.4, 0.5) is 11.8 Å². The summed E-state index contributed by atoms with van der Waals surface area (Å²) in [7, 11) is 0. The van der Waals surface area contributed by atoms with Crippen LogP contribution >= 0.6 is 0 Å². The molecule has 3 heterocycles. The third-order valence-electron chi connectivity index (χ3n) is 4.44. The SMILES string of the molecule is Cc1cnc(NN)nc1N1CCC(N2CCCCC2)C1. The van der Waals surface area contributed by atoms with E-state index in [9.17, 15) is 0 Å². The van der Waals surface area contributed by atoms with E-state index in [0.29, 0.717) is 12.0 Å². The molecule has 2 aliphatic heterocycles. The fourth-order valence-corrected chi connectivity index (χ4v) is 3.34. The molecular formula is C14H24N6. The maximum atomic E-state index is 5.41. The minimum Gasteiger partial charge on any atom is -0.355 e. The lowest BCUT2D eigenvalue weighted by molar-refractivity contribution is 0.175. The molecule has 0 aliphatic carbocycles. The highest BCUT2D eigenvalue weighted by Crippen LogP contribution is 2.26. The lowest BCUT2D eigenvalue weighted by Gasteiger charge is -2.32. The molecule has 1 aromatic rings. The smallest absolute Gasteiger partial charge is 0.239 e. The second-order valence-corrected chi connectivity index (χ2v) is 5.83. The Kier molecular flexibility index (Phi) is 4.03. The van der Waals surface area contributed by atoms with Crippen molar-refractivity contribution in [2.24, 2.45) is 5.84 Å². The maximum absolute atomic E-state index is 5.41. The third kappa shape index (κ3) is 2.71. The first-order valence-corrected chi connectivity index (χ1v) is 7.57. The largest absolute Gasteiger partial charge is 0.355 e. The Morgan fingerprint density at radius 2 is 2.05 bits per heavy atom. The molecule has 1 unspecified atom stereocenters. The van der Waals surface area contributed by atoms with Gasteiger partial charge in [0.05, 0.1) is 0 Å². The van der Waals surface area contributed by atoms with Gasteiger partial charge >= 0.3 is 0 Å². The van der Waals surface area contributed by atoms with Crippen molar-refractivity contribution < 1.29 is 0 Å². The van der Waals surface area contributed by atoms with Crippen LogP contribution in [0.15, 0.2) is 6.20 Å². The van der Waals surface area contributed by atoms with Gasteiger partial charge in [0.15, 0.2) is 0 Å². The number of nitrogens with two attached hydrogens (primary N) is 1. The third-order valence-corrected chi connectivity index (χ3v) is 4.44. The first-order valence-electron chi connectivity index (χ1n) is 7.57. The number of nitrogen functional groups attached to an aromatic ring is 1. The maximum Gasteiger partial charge on any atom is 0.239 e. The number of hydrogen-bond donors (Lipinski definition) is 2. The van der Waals surface area contributed by atoms with Crippen LogP contribution in [-0.4, -0.2) is 47.1 Å². The Morgan fingerprint density at radius 3 is 2.80 bits per heavy atom. The number of piperidine rings is 1. The summed E-state index contributed by atoms with van der Waals surface area (Å²) in [6.07, 6.45) is 7.17. The van der Waals surface area contributed by atoms with Crippen molar-refractivity contribution in [2.45, 2.75) is 38.6 Å². The van der Waals surface area contributed by atoms with Crippen LogP contribution in [0.1, 0.15) is 31.2 Å². The molecule has 0 bridgehead atoms. The van der Waals surface area contributed by atoms with E-state index in [0.717, 1.165) is 24.5 Å². The van der Waals surface area contributed by atoms with Gasteiger partial charge in [-0.3, -0.25) is 10.3 Å². The van der Waals surface area contributed by atoms with E-state index < -0.39 is 0 Å². The Hall–Kier alpha value is -1.40. The summed E-state index contributed by atoms with van der Waals surface area (Å²) in [5.74, 6) is 6.92. The number of nitrogens with one attached hydrogen (secondary N) is 1. The summed E-state index contributed by atoms with van der Waals surface area (Å²) in [4.78, 5) is 13.7. The second kappa shape index (κ2) is 5.93. The quantitative estimate of drug-likeness (QED) is 0.637. The molecule has 0 radical (unpaired) electrons. The van der Waals surface area contributed by atoms with E-state index in [-0.39, 0.29) is 0 Å². The zero-order chi connectivity index (χ0) is 13.9. The summed E-state index contributed by atoms with van der Waals surface area (Å²) in [5.41, 5.74) is 3.65. The van der Waals surface area contributed by atoms with Crippen molar-refractivity contribution in [3.05, 3.63) is 11.8 Å². The summed E-state index contributed by atoms with van der Waals surface area (Å²) in [6.45, 7) is 6.72. The fraction of sp³-hybridized carbons (Fsp3) is 0.714. The van der Waals surface area contributed by atoms with Crippen molar-refractivity contribution >= 4 is 11.8 Å². The normalized spacial score (nSPS) is 24.1. The molecule has 2 fully saturated rings. The van der Waals surface area contributed by atoms with Crippen molar-refractivity contribution in [2.75, 3.05) is 36.5 Å². The molecule has 0 spiro atoms. The molecule has 6 heteroatoms. The summed E-state index contributed by atoms with van der Waals surface area (Å²) >= 11 is 0. The van der Waals surface area contributed by atoms with Gasteiger partial charge < -0.3 is 4.90 Å². The van der Waals surface area contributed by atoms with Crippen LogP contribution < -0.4 is 16.2 Å². The molecule has 0 saturated carbocycles. The van der Waals surface area contributed by atoms with Gasteiger partial charge in [-0.25, -0.2) is 10.8 Å². The minimum atomic E-state index is 0.493. The Labute approximate surface area is 120 Å². The molecule has 1 aromatic heterocycles. The first-order chi connectivity index (χ1) is 9.78. The molecule has 2 aliphatic rings. The lowest BCUT2D eigenvalue weighted by atomic mass is 10.1. The van der Waals surface area contributed by atoms with Gasteiger partial charge in [-0.05, 0) is 39.3 Å². The fourth-order valence-electron chi connectivity index (χ4n) is 3.34. The summed E-state index contributed by atoms with van der Waals surface area (Å²) in [5, 5.41) is 0. The minimum absolute atomic E-state index is 0.493. The number of hydrogen-bond acceptors (Lipinski definition) is 6. The topological polar surface area (TPSA) is 70.3 Å². The van der Waals surface area contributed by atoms with Crippen LogP contribution in [0.3, 0.4) is 0 Å². The van der Waals surface area contributed by atoms with E-state index in [1.54, 1.807) is 0 Å². The number of anilines is 2. The lowest BCUT2D eigenvalue weighted by Crippen LogP contribution is -2.41. The molecule has 3 N–H and O–H groups in total. The van der Waals surface area contributed by atoms with Gasteiger partial charge in [-0.15, -0.1) is 0 Å². The summed E-state index contributed by atoms with van der Waals surface area (Å²) in [6, 6.07) is 0.680. The van der Waals surface area contributed by atoms with E-state index in [4.69, 9.17) is 5.84 Å². The number of aromatic nitrogens is 2. The predicted molar refractivity (Wildman–Crippen MR) is 80.6 cm³/mol. The number of aryl methyl sites for hydroxylation is 1. The number of rotatable bonds is 3. The van der Waals surface area contributed by atoms with Gasteiger partial charge in [0.25, 0.3) is 0 Å². The van der Waals surface area contributed by atoms with Gasteiger partial charge in [0.2, 0.25) is 5.95 Å². The number of nitrogens with zero attached hydrogens (tertiary/aromatic N) is 4. The highest BCUT2D eigenvalue weighted by atomic mass is 15.3. The zero-order valence-electron chi connectivity index (χ0n) is 12.2. The van der Waals surface area contributed by atoms with Gasteiger partial charge in [-0.1, -0.05) is 6.42 Å². The van der Waals surface area contributed by atoms with E-state index in [1.165, 1.54) is 38.8 Å². The molecule has 1 atom stereocenters. The molecule has 2 saturated heterocycles. The van der Waals surface area contributed by atoms with Crippen LogP contribution in [0.25, 0.3) is 0 Å². The monoisotopic (exact) mass is 276 g/mol. The highest BCUT2D eigenvalue weighted by Gasteiger charge is 2.29. The first kappa shape index (κ1) is 13.6. The summed E-state index contributed by atoms with van der Waals surface area (Å²) < 4.78 is 0. The average molecular weight is 276 g/mol. The van der Waals surface area contributed by atoms with Crippen LogP contribution in [0.2, 0.25) is 0 Å². The van der Waals surface area contributed by atoms with E-state index in [2.05, 4.69) is 32.1 Å². The van der Waals surface area contributed by atoms with Crippen molar-refractivity contribution in [3.63, 3.8) is 0 Å². The van der Waals surface area contributed by atoms with Crippen LogP contribution in [-0.2, 0) is 0 Å². The molecule has 110 valence electrons. The number of hydrazine groups is 1. The van der Waals surface area contributed by atoms with Crippen LogP contribution in [0, 0.1) is 6.92 Å². The van der Waals surface area contributed by atoms with Crippen LogP contribution in [0.5, 0.6) is 0 Å². The Balaban J connectivity index is 1.70. The molecule has 20 heavy (non-hydrogen) atoms. The van der Waals surface area contributed by atoms with Gasteiger partial charge in [0, 0.05) is 30.9 Å². The molecule has 0 aromatic carbocycles. The van der Waals surface area contributed by atoms with Gasteiger partial charge in [0.1, 0.15) is 5.82 Å². The van der Waals surface area contributed by atoms with Crippen molar-refractivity contribution in [1.29, 1.82) is 0 Å². The molecule has 3 rings (SSSR count). The Bertz CT molecular complexity index is 457. The standard InChI is InChI=1S/C14H24N6/c1-11-9-16-14(18-15)17-13(11)20-8-5-12(10-20)19-6-3-2-4-7-19/h9,12H,2-8,10,15H2,1H3,(H,16,17,18). The van der Waals surface area contributed by atoms with E-state index >= 15 is 0 Å².